The van der Waals surface area contributed by atoms with Crippen molar-refractivity contribution in [2.24, 2.45) is 7.05 Å². The predicted molar refractivity (Wildman–Crippen MR) is 137 cm³/mol. The number of aromatic nitrogens is 4. The highest BCUT2D eigenvalue weighted by Gasteiger charge is 2.21. The molecule has 1 unspecified atom stereocenters. The third kappa shape index (κ3) is 4.31. The molecule has 2 heterocycles. The number of aromatic hydroxyl groups is 1. The minimum Gasteiger partial charge on any atom is -0.506 e. The number of para-hydroxylation sites is 3. The summed E-state index contributed by atoms with van der Waals surface area (Å²) >= 11 is 0. The van der Waals surface area contributed by atoms with Crippen molar-refractivity contribution in [3.63, 3.8) is 0 Å². The molecule has 2 aromatic heterocycles. The molecule has 0 radical (unpaired) electrons. The summed E-state index contributed by atoms with van der Waals surface area (Å²) in [5.41, 5.74) is 3.47. The summed E-state index contributed by atoms with van der Waals surface area (Å²) in [6.45, 7) is 2.67. The minimum absolute atomic E-state index is 0.135. The molecule has 184 valence electrons. The van der Waals surface area contributed by atoms with Gasteiger partial charge in [0, 0.05) is 12.6 Å². The molecule has 9 heteroatoms. The van der Waals surface area contributed by atoms with Crippen LogP contribution in [0.5, 0.6) is 17.2 Å². The molecule has 0 saturated carbocycles. The average Bonchev–Trinajstić information content (AvgIpc) is 3.48. The van der Waals surface area contributed by atoms with Crippen molar-refractivity contribution >= 4 is 28.0 Å². The van der Waals surface area contributed by atoms with E-state index in [1.807, 2.05) is 61.0 Å². The number of carbonyl (C=O) groups is 1. The van der Waals surface area contributed by atoms with Crippen LogP contribution >= 0.6 is 0 Å². The highest BCUT2D eigenvalue weighted by atomic mass is 16.5. The SMILES string of the molecule is COc1ccccc1OCCNC(=O)c1ccc2nc(C(C)c3nc4c(O)cccc4[nH]3)n(C)c2c1. The van der Waals surface area contributed by atoms with E-state index in [1.165, 1.54) is 0 Å². The molecule has 0 bridgehead atoms. The van der Waals surface area contributed by atoms with Gasteiger partial charge in [0.1, 0.15) is 29.5 Å². The fourth-order valence-electron chi connectivity index (χ4n) is 4.27. The minimum atomic E-state index is -0.191. The Labute approximate surface area is 207 Å². The van der Waals surface area contributed by atoms with Crippen LogP contribution in [0.2, 0.25) is 0 Å². The van der Waals surface area contributed by atoms with E-state index in [4.69, 9.17) is 14.5 Å². The van der Waals surface area contributed by atoms with Crippen molar-refractivity contribution in [3.05, 3.63) is 77.9 Å². The quantitative estimate of drug-likeness (QED) is 0.285. The fourth-order valence-corrected chi connectivity index (χ4v) is 4.27. The number of methoxy groups -OCH3 is 1. The van der Waals surface area contributed by atoms with Crippen molar-refractivity contribution in [3.8, 4) is 17.2 Å². The molecule has 9 nitrogen and oxygen atoms in total. The summed E-state index contributed by atoms with van der Waals surface area (Å²) in [7, 11) is 3.51. The lowest BCUT2D eigenvalue weighted by molar-refractivity contribution is 0.0947. The topological polar surface area (TPSA) is 114 Å². The molecule has 36 heavy (non-hydrogen) atoms. The lowest BCUT2D eigenvalue weighted by Gasteiger charge is -2.11. The Balaban J connectivity index is 1.29. The number of imidazole rings is 2. The highest BCUT2D eigenvalue weighted by Crippen LogP contribution is 2.29. The average molecular weight is 486 g/mol. The molecule has 5 rings (SSSR count). The number of aryl methyl sites for hydroxylation is 1. The molecule has 0 aliphatic carbocycles. The summed E-state index contributed by atoms with van der Waals surface area (Å²) in [6.07, 6.45) is 0. The number of nitrogens with one attached hydrogen (secondary N) is 2. The number of carbonyl (C=O) groups excluding carboxylic acids is 1. The number of hydrogen-bond acceptors (Lipinski definition) is 6. The van der Waals surface area contributed by atoms with Crippen LogP contribution in [0.4, 0.5) is 0 Å². The van der Waals surface area contributed by atoms with Gasteiger partial charge in [-0.05, 0) is 49.4 Å². The van der Waals surface area contributed by atoms with E-state index in [0.29, 0.717) is 41.6 Å². The Morgan fingerprint density at radius 3 is 2.69 bits per heavy atom. The summed E-state index contributed by atoms with van der Waals surface area (Å²) < 4.78 is 13.0. The molecule has 1 amide bonds. The molecule has 0 aliphatic rings. The van der Waals surface area contributed by atoms with Gasteiger partial charge in [0.15, 0.2) is 11.5 Å². The zero-order valence-electron chi connectivity index (χ0n) is 20.3. The molecule has 0 saturated heterocycles. The number of benzene rings is 3. The van der Waals surface area contributed by atoms with Crippen molar-refractivity contribution in [2.45, 2.75) is 12.8 Å². The van der Waals surface area contributed by atoms with Crippen LogP contribution in [-0.2, 0) is 7.05 Å². The van der Waals surface area contributed by atoms with Crippen LogP contribution in [0.15, 0.2) is 60.7 Å². The van der Waals surface area contributed by atoms with Gasteiger partial charge in [-0.1, -0.05) is 18.2 Å². The van der Waals surface area contributed by atoms with E-state index in [9.17, 15) is 9.90 Å². The lowest BCUT2D eigenvalue weighted by Crippen LogP contribution is -2.28. The summed E-state index contributed by atoms with van der Waals surface area (Å²) in [5, 5.41) is 13.0. The van der Waals surface area contributed by atoms with Crippen LogP contribution in [0.25, 0.3) is 22.1 Å². The standard InChI is InChI=1S/C27H27N5O4/c1-16(25-29-19-7-6-8-21(33)24(19)31-25)26-30-18-12-11-17(15-20(18)32(26)2)27(34)28-13-14-36-23-10-5-4-9-22(23)35-3/h4-12,15-16,33H,13-14H2,1-3H3,(H,28,34)(H,29,31). The zero-order chi connectivity index (χ0) is 25.2. The maximum atomic E-state index is 12.8. The fraction of sp³-hybridized carbons (Fsp3) is 0.222. The Morgan fingerprint density at radius 2 is 1.92 bits per heavy atom. The Morgan fingerprint density at radius 1 is 1.11 bits per heavy atom. The monoisotopic (exact) mass is 485 g/mol. The van der Waals surface area contributed by atoms with Crippen molar-refractivity contribution in [2.75, 3.05) is 20.3 Å². The largest absolute Gasteiger partial charge is 0.506 e. The first-order valence-electron chi connectivity index (χ1n) is 11.6. The van der Waals surface area contributed by atoms with Gasteiger partial charge < -0.3 is 29.4 Å². The van der Waals surface area contributed by atoms with E-state index in [-0.39, 0.29) is 17.6 Å². The number of phenols is 1. The summed E-state index contributed by atoms with van der Waals surface area (Å²) in [4.78, 5) is 25.4. The number of amides is 1. The van der Waals surface area contributed by atoms with Gasteiger partial charge in [0.05, 0.1) is 36.1 Å². The first kappa shape index (κ1) is 23.2. The number of nitrogens with zero attached hydrogens (tertiary/aromatic N) is 3. The second kappa shape index (κ2) is 9.61. The van der Waals surface area contributed by atoms with Crippen LogP contribution in [0.1, 0.15) is 34.8 Å². The van der Waals surface area contributed by atoms with Crippen LogP contribution in [-0.4, -0.2) is 50.8 Å². The van der Waals surface area contributed by atoms with Gasteiger partial charge in [-0.2, -0.15) is 0 Å². The van der Waals surface area contributed by atoms with Crippen molar-refractivity contribution in [1.29, 1.82) is 0 Å². The smallest absolute Gasteiger partial charge is 0.251 e. The molecule has 0 fully saturated rings. The number of phenolic OH excluding ortho intramolecular Hbond substituents is 1. The Kier molecular flexibility index (Phi) is 6.20. The Bertz CT molecular complexity index is 1550. The van der Waals surface area contributed by atoms with Crippen LogP contribution in [0.3, 0.4) is 0 Å². The van der Waals surface area contributed by atoms with Gasteiger partial charge >= 0.3 is 0 Å². The van der Waals surface area contributed by atoms with Crippen molar-refractivity contribution in [1.82, 2.24) is 24.8 Å². The summed E-state index contributed by atoms with van der Waals surface area (Å²) in [6, 6.07) is 18.1. The Hall–Kier alpha value is -4.53. The molecule has 0 spiro atoms. The first-order valence-corrected chi connectivity index (χ1v) is 11.6. The summed E-state index contributed by atoms with van der Waals surface area (Å²) in [5.74, 6) is 2.57. The molecule has 0 aliphatic heterocycles. The number of ether oxygens (including phenoxy) is 2. The highest BCUT2D eigenvalue weighted by molar-refractivity contribution is 5.97. The van der Waals surface area contributed by atoms with Gasteiger partial charge in [0.2, 0.25) is 0 Å². The number of rotatable bonds is 8. The third-order valence-corrected chi connectivity index (χ3v) is 6.20. The molecule has 5 aromatic rings. The second-order valence-electron chi connectivity index (χ2n) is 8.50. The number of aromatic amines is 1. The molecule has 3 N–H and O–H groups in total. The van der Waals surface area contributed by atoms with E-state index in [2.05, 4.69) is 15.3 Å². The zero-order valence-corrected chi connectivity index (χ0v) is 20.3. The first-order chi connectivity index (χ1) is 17.5. The number of hydrogen-bond donors (Lipinski definition) is 3. The van der Waals surface area contributed by atoms with Gasteiger partial charge in [-0.25, -0.2) is 9.97 Å². The molecular weight excluding hydrogens is 458 g/mol. The lowest BCUT2D eigenvalue weighted by atomic mass is 10.1. The van der Waals surface area contributed by atoms with Crippen LogP contribution < -0.4 is 14.8 Å². The molecule has 1 atom stereocenters. The normalized spacial score (nSPS) is 12.1. The van der Waals surface area contributed by atoms with E-state index in [1.54, 1.807) is 25.3 Å². The van der Waals surface area contributed by atoms with E-state index < -0.39 is 0 Å². The van der Waals surface area contributed by atoms with Gasteiger partial charge in [0.25, 0.3) is 5.91 Å². The molecule has 3 aromatic carbocycles. The predicted octanol–water partition coefficient (Wildman–Crippen LogP) is 4.12. The van der Waals surface area contributed by atoms with Crippen LogP contribution in [0, 0.1) is 0 Å². The second-order valence-corrected chi connectivity index (χ2v) is 8.50. The maximum absolute atomic E-state index is 12.8. The maximum Gasteiger partial charge on any atom is 0.251 e. The molecular formula is C27H27N5O4. The van der Waals surface area contributed by atoms with Gasteiger partial charge in [-0.3, -0.25) is 4.79 Å². The third-order valence-electron chi connectivity index (χ3n) is 6.20. The van der Waals surface area contributed by atoms with Crippen molar-refractivity contribution < 1.29 is 19.4 Å². The number of fused-ring (bicyclic) bond motifs is 2. The number of H-pyrrole nitrogens is 1. The van der Waals surface area contributed by atoms with E-state index in [0.717, 1.165) is 22.4 Å². The van der Waals surface area contributed by atoms with Gasteiger partial charge in [-0.15, -0.1) is 0 Å². The van der Waals surface area contributed by atoms with E-state index >= 15 is 0 Å².